The number of hydrogen-bond acceptors (Lipinski definition) is 3. The minimum Gasteiger partial charge on any atom is -0.271 e. The van der Waals surface area contributed by atoms with Crippen LogP contribution in [0, 0.1) is 5.82 Å². The van der Waals surface area contributed by atoms with Crippen LogP contribution in [0.15, 0.2) is 24.4 Å². The topological polar surface area (TPSA) is 55.9 Å². The molecule has 1 heterocycles. The highest BCUT2D eigenvalue weighted by atomic mass is 35.5. The number of hydrazine groups is 1. The van der Waals surface area contributed by atoms with Gasteiger partial charge in [-0.15, -0.1) is 0 Å². The van der Waals surface area contributed by atoms with Gasteiger partial charge in [-0.1, -0.05) is 42.3 Å². The standard InChI is InChI=1S/C13H15Cl2FN4/c1-2-6-20-13(9(14)7-18-20)12(19-17)8-4-3-5-10(16)11(8)15/h3-5,7,12,19H,2,6,17H2,1H3. The lowest BCUT2D eigenvalue weighted by molar-refractivity contribution is 0.519. The molecule has 1 atom stereocenters. The number of nitrogens with two attached hydrogens (primary N) is 1. The number of nitrogens with one attached hydrogen (secondary N) is 1. The predicted molar refractivity (Wildman–Crippen MR) is 78.1 cm³/mol. The molecule has 0 saturated carbocycles. The first-order valence-electron chi connectivity index (χ1n) is 6.21. The van der Waals surface area contributed by atoms with Gasteiger partial charge in [0.25, 0.3) is 0 Å². The summed E-state index contributed by atoms with van der Waals surface area (Å²) in [5, 5.41) is 4.69. The number of rotatable bonds is 5. The highest BCUT2D eigenvalue weighted by molar-refractivity contribution is 6.32. The van der Waals surface area contributed by atoms with E-state index < -0.39 is 11.9 Å². The first-order chi connectivity index (χ1) is 9.60. The quantitative estimate of drug-likeness (QED) is 0.657. The average molecular weight is 317 g/mol. The molecule has 1 aromatic carbocycles. The summed E-state index contributed by atoms with van der Waals surface area (Å²) in [6.45, 7) is 2.71. The van der Waals surface area contributed by atoms with Gasteiger partial charge < -0.3 is 0 Å². The zero-order valence-electron chi connectivity index (χ0n) is 10.9. The molecule has 0 aliphatic heterocycles. The molecule has 0 fully saturated rings. The summed E-state index contributed by atoms with van der Waals surface area (Å²) >= 11 is 12.2. The van der Waals surface area contributed by atoms with Gasteiger partial charge in [0.05, 0.1) is 28.0 Å². The van der Waals surface area contributed by atoms with Crippen molar-refractivity contribution in [1.82, 2.24) is 15.2 Å². The molecule has 3 N–H and O–H groups in total. The van der Waals surface area contributed by atoms with E-state index in [-0.39, 0.29) is 5.02 Å². The van der Waals surface area contributed by atoms with Gasteiger partial charge in [-0.05, 0) is 18.1 Å². The number of aromatic nitrogens is 2. The first kappa shape index (κ1) is 15.3. The third-order valence-corrected chi connectivity index (χ3v) is 3.69. The van der Waals surface area contributed by atoms with Crippen LogP contribution in [0.1, 0.15) is 30.6 Å². The van der Waals surface area contributed by atoms with Crippen LogP contribution in [0.3, 0.4) is 0 Å². The molecule has 1 aromatic heterocycles. The number of nitrogens with zero attached hydrogens (tertiary/aromatic N) is 2. The predicted octanol–water partition coefficient (Wildman–Crippen LogP) is 3.29. The van der Waals surface area contributed by atoms with E-state index in [9.17, 15) is 4.39 Å². The number of hydrogen-bond donors (Lipinski definition) is 2. The smallest absolute Gasteiger partial charge is 0.142 e. The summed E-state index contributed by atoms with van der Waals surface area (Å²) in [6.07, 6.45) is 2.43. The molecule has 0 aliphatic rings. The van der Waals surface area contributed by atoms with Gasteiger partial charge in [-0.2, -0.15) is 5.10 Å². The molecule has 0 saturated heterocycles. The Balaban J connectivity index is 2.52. The molecule has 4 nitrogen and oxygen atoms in total. The Labute approximate surface area is 126 Å². The molecule has 108 valence electrons. The van der Waals surface area contributed by atoms with E-state index >= 15 is 0 Å². The number of aryl methyl sites for hydroxylation is 1. The molecular weight excluding hydrogens is 302 g/mol. The molecule has 0 amide bonds. The summed E-state index contributed by atoms with van der Waals surface area (Å²) in [4.78, 5) is 0. The van der Waals surface area contributed by atoms with Crippen LogP contribution in [0.5, 0.6) is 0 Å². The van der Waals surface area contributed by atoms with Gasteiger partial charge in [-0.3, -0.25) is 10.5 Å². The van der Waals surface area contributed by atoms with Gasteiger partial charge >= 0.3 is 0 Å². The Bertz CT molecular complexity index is 600. The second-order valence-corrected chi connectivity index (χ2v) is 5.13. The molecule has 1 unspecified atom stereocenters. The van der Waals surface area contributed by atoms with E-state index in [0.717, 1.165) is 6.42 Å². The van der Waals surface area contributed by atoms with Gasteiger partial charge in [-0.25, -0.2) is 9.82 Å². The van der Waals surface area contributed by atoms with E-state index in [1.165, 1.54) is 6.07 Å². The molecule has 2 rings (SSSR count). The van der Waals surface area contributed by atoms with Crippen LogP contribution in [-0.2, 0) is 6.54 Å². The van der Waals surface area contributed by atoms with Crippen molar-refractivity contribution in [2.45, 2.75) is 25.9 Å². The third-order valence-electron chi connectivity index (χ3n) is 3.00. The monoisotopic (exact) mass is 316 g/mol. The third kappa shape index (κ3) is 2.81. The normalized spacial score (nSPS) is 12.7. The minimum absolute atomic E-state index is 0.0239. The largest absolute Gasteiger partial charge is 0.271 e. The van der Waals surface area contributed by atoms with Crippen molar-refractivity contribution < 1.29 is 4.39 Å². The zero-order valence-corrected chi connectivity index (χ0v) is 12.4. The summed E-state index contributed by atoms with van der Waals surface area (Å²) < 4.78 is 15.4. The van der Waals surface area contributed by atoms with Gasteiger partial charge in [0.15, 0.2) is 0 Å². The fraction of sp³-hybridized carbons (Fsp3) is 0.308. The lowest BCUT2D eigenvalue weighted by atomic mass is 10.0. The van der Waals surface area contributed by atoms with E-state index in [2.05, 4.69) is 10.5 Å². The molecule has 7 heteroatoms. The number of benzene rings is 1. The van der Waals surface area contributed by atoms with Crippen molar-refractivity contribution in [1.29, 1.82) is 0 Å². The van der Waals surface area contributed by atoms with Gasteiger partial charge in [0, 0.05) is 6.54 Å². The second-order valence-electron chi connectivity index (χ2n) is 4.34. The second kappa shape index (κ2) is 6.54. The molecule has 0 spiro atoms. The van der Waals surface area contributed by atoms with Crippen LogP contribution in [0.2, 0.25) is 10.0 Å². The Morgan fingerprint density at radius 1 is 1.45 bits per heavy atom. The Kier molecular flexibility index (Phi) is 4.99. The van der Waals surface area contributed by atoms with Crippen molar-refractivity contribution in [3.05, 3.63) is 51.5 Å². The van der Waals surface area contributed by atoms with Gasteiger partial charge in [0.2, 0.25) is 0 Å². The van der Waals surface area contributed by atoms with Crippen molar-refractivity contribution in [3.63, 3.8) is 0 Å². The van der Waals surface area contributed by atoms with Crippen LogP contribution >= 0.6 is 23.2 Å². The lowest BCUT2D eigenvalue weighted by Crippen LogP contribution is -2.31. The van der Waals surface area contributed by atoms with Gasteiger partial charge in [0.1, 0.15) is 5.82 Å². The molecule has 2 aromatic rings. The maximum absolute atomic E-state index is 13.6. The summed E-state index contributed by atoms with van der Waals surface area (Å²) in [7, 11) is 0. The van der Waals surface area contributed by atoms with Crippen LogP contribution in [0.4, 0.5) is 4.39 Å². The molecular formula is C13H15Cl2FN4. The summed E-state index contributed by atoms with van der Waals surface area (Å²) in [5.74, 6) is 5.12. The maximum Gasteiger partial charge on any atom is 0.142 e. The highest BCUT2D eigenvalue weighted by Crippen LogP contribution is 2.33. The summed E-state index contributed by atoms with van der Waals surface area (Å²) in [5.41, 5.74) is 3.82. The Morgan fingerprint density at radius 3 is 2.85 bits per heavy atom. The fourth-order valence-corrected chi connectivity index (χ4v) is 2.59. The molecule has 20 heavy (non-hydrogen) atoms. The Hall–Kier alpha value is -1.14. The first-order valence-corrected chi connectivity index (χ1v) is 6.97. The van der Waals surface area contributed by atoms with Crippen molar-refractivity contribution in [2.75, 3.05) is 0 Å². The van der Waals surface area contributed by atoms with Crippen LogP contribution in [0.25, 0.3) is 0 Å². The summed E-state index contributed by atoms with van der Waals surface area (Å²) in [6, 6.07) is 4.05. The SMILES string of the molecule is CCCn1ncc(Cl)c1C(NN)c1cccc(F)c1Cl. The maximum atomic E-state index is 13.6. The average Bonchev–Trinajstić information content (AvgIpc) is 2.78. The zero-order chi connectivity index (χ0) is 14.7. The molecule has 0 radical (unpaired) electrons. The number of halogens is 3. The van der Waals surface area contributed by atoms with E-state index in [1.54, 1.807) is 23.0 Å². The van der Waals surface area contributed by atoms with E-state index in [1.807, 2.05) is 6.92 Å². The van der Waals surface area contributed by atoms with Crippen molar-refractivity contribution >= 4 is 23.2 Å². The van der Waals surface area contributed by atoms with E-state index in [0.29, 0.717) is 22.8 Å². The fourth-order valence-electron chi connectivity index (χ4n) is 2.11. The lowest BCUT2D eigenvalue weighted by Gasteiger charge is -2.20. The molecule has 0 bridgehead atoms. The minimum atomic E-state index is -0.528. The van der Waals surface area contributed by atoms with Crippen LogP contribution in [-0.4, -0.2) is 9.78 Å². The highest BCUT2D eigenvalue weighted by Gasteiger charge is 2.24. The Morgan fingerprint density at radius 2 is 2.20 bits per heavy atom. The van der Waals surface area contributed by atoms with E-state index in [4.69, 9.17) is 29.0 Å². The van der Waals surface area contributed by atoms with Crippen molar-refractivity contribution in [3.8, 4) is 0 Å². The molecule has 0 aliphatic carbocycles. The van der Waals surface area contributed by atoms with Crippen LogP contribution < -0.4 is 11.3 Å². The van der Waals surface area contributed by atoms with Crippen molar-refractivity contribution in [2.24, 2.45) is 5.84 Å².